The summed E-state index contributed by atoms with van der Waals surface area (Å²) in [6.07, 6.45) is 7.04. The van der Waals surface area contributed by atoms with Gasteiger partial charge in [-0.25, -0.2) is 0 Å². The molecule has 2 N–H and O–H groups in total. The van der Waals surface area contributed by atoms with Crippen LogP contribution >= 0.6 is 0 Å². The van der Waals surface area contributed by atoms with Gasteiger partial charge in [-0.15, -0.1) is 0 Å². The van der Waals surface area contributed by atoms with Gasteiger partial charge in [0.15, 0.2) is 0 Å². The van der Waals surface area contributed by atoms with Gasteiger partial charge >= 0.3 is 0 Å². The Hall–Kier alpha value is -1.33. The number of allylic oxidation sites excluding steroid dienone is 1. The molecule has 0 aromatic heterocycles. The minimum atomic E-state index is -0.362. The molecular weight excluding hydrogens is 240 g/mol. The average molecular weight is 262 g/mol. The first-order valence-corrected chi connectivity index (χ1v) is 7.05. The fourth-order valence-electron chi connectivity index (χ4n) is 3.23. The molecule has 104 valence electrons. The molecule has 5 heteroatoms. The van der Waals surface area contributed by atoms with Gasteiger partial charge in [0.25, 0.3) is 0 Å². The predicted octanol–water partition coefficient (Wildman–Crippen LogP) is 0.502. The van der Waals surface area contributed by atoms with Crippen LogP contribution in [0.5, 0.6) is 0 Å². The maximum atomic E-state index is 9.74. The molecule has 3 aliphatic rings. The highest BCUT2D eigenvalue weighted by Crippen LogP contribution is 2.26. The summed E-state index contributed by atoms with van der Waals surface area (Å²) in [7, 11) is 0. The summed E-state index contributed by atoms with van der Waals surface area (Å²) < 4.78 is 0. The van der Waals surface area contributed by atoms with Gasteiger partial charge in [0.05, 0.1) is 12.3 Å². The Bertz CT molecular complexity index is 441. The van der Waals surface area contributed by atoms with E-state index in [1.54, 1.807) is 0 Å². The smallest absolute Gasteiger partial charge is 0.104 e. The number of hydrogen-bond acceptors (Lipinski definition) is 5. The first kappa shape index (κ1) is 12.7. The summed E-state index contributed by atoms with van der Waals surface area (Å²) in [5.41, 5.74) is 5.75. The Labute approximate surface area is 114 Å². The number of hydrazone groups is 1. The van der Waals surface area contributed by atoms with Crippen LogP contribution in [0.3, 0.4) is 0 Å². The van der Waals surface area contributed by atoms with E-state index in [1.807, 2.05) is 13.1 Å². The van der Waals surface area contributed by atoms with E-state index in [0.717, 1.165) is 26.1 Å². The monoisotopic (exact) mass is 262 g/mol. The van der Waals surface area contributed by atoms with Crippen LogP contribution in [0.15, 0.2) is 28.5 Å². The molecule has 0 bridgehead atoms. The average Bonchev–Trinajstić information content (AvgIpc) is 2.86. The number of fused-ring (bicyclic) bond motifs is 1. The number of nitrogens with zero attached hydrogens (tertiary/aromatic N) is 3. The van der Waals surface area contributed by atoms with Crippen molar-refractivity contribution < 1.29 is 5.11 Å². The number of piperazine rings is 1. The predicted molar refractivity (Wildman–Crippen MR) is 75.6 cm³/mol. The summed E-state index contributed by atoms with van der Waals surface area (Å²) in [6.45, 7) is 6.83. The van der Waals surface area contributed by atoms with Crippen LogP contribution in [0, 0.1) is 0 Å². The minimum Gasteiger partial charge on any atom is -0.379 e. The highest BCUT2D eigenvalue weighted by Gasteiger charge is 2.30. The van der Waals surface area contributed by atoms with Gasteiger partial charge in [0.2, 0.25) is 0 Å². The van der Waals surface area contributed by atoms with Gasteiger partial charge in [-0.05, 0) is 26.3 Å². The lowest BCUT2D eigenvalue weighted by molar-refractivity contribution is -0.0367. The molecule has 2 heterocycles. The molecule has 1 aliphatic carbocycles. The zero-order chi connectivity index (χ0) is 13.4. The summed E-state index contributed by atoms with van der Waals surface area (Å²) in [5.74, 6) is 0. The summed E-state index contributed by atoms with van der Waals surface area (Å²) in [6, 6.07) is 0.715. The van der Waals surface area contributed by atoms with Crippen molar-refractivity contribution in [2.24, 2.45) is 5.10 Å². The largest absolute Gasteiger partial charge is 0.379 e. The molecule has 1 saturated heterocycles. The van der Waals surface area contributed by atoms with Crippen molar-refractivity contribution in [1.82, 2.24) is 15.2 Å². The van der Waals surface area contributed by atoms with Crippen LogP contribution < -0.4 is 5.43 Å². The Kier molecular flexibility index (Phi) is 3.33. The Morgan fingerprint density at radius 2 is 2.32 bits per heavy atom. The van der Waals surface area contributed by atoms with Crippen LogP contribution in [-0.2, 0) is 0 Å². The Balaban J connectivity index is 1.77. The van der Waals surface area contributed by atoms with Crippen molar-refractivity contribution in [2.45, 2.75) is 38.6 Å². The molecule has 0 aromatic rings. The van der Waals surface area contributed by atoms with Crippen molar-refractivity contribution in [2.75, 3.05) is 19.6 Å². The molecule has 3 atom stereocenters. The summed E-state index contributed by atoms with van der Waals surface area (Å²) in [4.78, 5) is 4.56. The lowest BCUT2D eigenvalue weighted by atomic mass is 9.97. The number of aliphatic hydroxyl groups is 1. The third-order valence-corrected chi connectivity index (χ3v) is 4.25. The fraction of sp³-hybridized carbons (Fsp3) is 0.643. The normalized spacial score (nSPS) is 32.5. The molecule has 0 amide bonds. The molecule has 1 fully saturated rings. The van der Waals surface area contributed by atoms with E-state index in [4.69, 9.17) is 0 Å². The third-order valence-electron chi connectivity index (χ3n) is 4.25. The van der Waals surface area contributed by atoms with E-state index in [0.29, 0.717) is 12.1 Å². The van der Waals surface area contributed by atoms with Crippen molar-refractivity contribution in [3.05, 3.63) is 23.4 Å². The third kappa shape index (κ3) is 2.28. The van der Waals surface area contributed by atoms with Gasteiger partial charge in [-0.3, -0.25) is 4.90 Å². The van der Waals surface area contributed by atoms with Gasteiger partial charge in [-0.2, -0.15) is 5.10 Å². The quantitative estimate of drug-likeness (QED) is 0.761. The highest BCUT2D eigenvalue weighted by molar-refractivity contribution is 5.84. The van der Waals surface area contributed by atoms with Crippen LogP contribution in [0.25, 0.3) is 0 Å². The number of rotatable bonds is 2. The lowest BCUT2D eigenvalue weighted by Crippen LogP contribution is -2.54. The second-order valence-corrected chi connectivity index (χ2v) is 5.58. The number of aliphatic hydroxyl groups excluding tert-OH is 1. The second kappa shape index (κ2) is 4.98. The lowest BCUT2D eigenvalue weighted by Gasteiger charge is -2.43. The fourth-order valence-corrected chi connectivity index (χ4v) is 3.23. The maximum Gasteiger partial charge on any atom is 0.104 e. The molecule has 19 heavy (non-hydrogen) atoms. The van der Waals surface area contributed by atoms with Crippen LogP contribution in [-0.4, -0.2) is 59.1 Å². The van der Waals surface area contributed by atoms with E-state index in [2.05, 4.69) is 39.4 Å². The summed E-state index contributed by atoms with van der Waals surface area (Å²) >= 11 is 0. The Morgan fingerprint density at radius 1 is 1.47 bits per heavy atom. The van der Waals surface area contributed by atoms with E-state index in [-0.39, 0.29) is 6.23 Å². The highest BCUT2D eigenvalue weighted by atomic mass is 16.3. The Morgan fingerprint density at radius 3 is 3.05 bits per heavy atom. The van der Waals surface area contributed by atoms with Crippen LogP contribution in [0.2, 0.25) is 0 Å². The molecule has 3 rings (SSSR count). The maximum absolute atomic E-state index is 9.74. The molecule has 2 aliphatic heterocycles. The van der Waals surface area contributed by atoms with Crippen LogP contribution in [0.4, 0.5) is 0 Å². The van der Waals surface area contributed by atoms with Gasteiger partial charge < -0.3 is 15.4 Å². The standard InChI is InChI=1S/C14H22N4O/c1-10-9-17(6-7-18(10)11(2)19)14-5-3-4-13-12(14)8-15-16-13/h3,5,8,10-11,13,16,19H,4,6-7,9H2,1-2H3. The second-order valence-electron chi connectivity index (χ2n) is 5.58. The molecular formula is C14H22N4O. The molecule has 0 saturated carbocycles. The first-order valence-electron chi connectivity index (χ1n) is 7.05. The number of hydrogen-bond donors (Lipinski definition) is 2. The van der Waals surface area contributed by atoms with E-state index >= 15 is 0 Å². The van der Waals surface area contributed by atoms with Crippen molar-refractivity contribution in [3.63, 3.8) is 0 Å². The minimum absolute atomic E-state index is 0.352. The summed E-state index contributed by atoms with van der Waals surface area (Å²) in [5, 5.41) is 13.9. The molecule has 0 aromatic carbocycles. The molecule has 0 radical (unpaired) electrons. The molecule has 3 unspecified atom stereocenters. The van der Waals surface area contributed by atoms with Crippen molar-refractivity contribution in [1.29, 1.82) is 0 Å². The van der Waals surface area contributed by atoms with Crippen LogP contribution in [0.1, 0.15) is 20.3 Å². The molecule has 0 spiro atoms. The topological polar surface area (TPSA) is 51.1 Å². The van der Waals surface area contributed by atoms with Crippen molar-refractivity contribution >= 4 is 6.21 Å². The number of nitrogens with one attached hydrogen (secondary N) is 1. The van der Waals surface area contributed by atoms with E-state index in [9.17, 15) is 5.11 Å². The molecule has 5 nitrogen and oxygen atoms in total. The first-order chi connectivity index (χ1) is 9.16. The zero-order valence-corrected chi connectivity index (χ0v) is 11.6. The van der Waals surface area contributed by atoms with Gasteiger partial charge in [0.1, 0.15) is 6.23 Å². The zero-order valence-electron chi connectivity index (χ0n) is 11.6. The SMILES string of the molecule is CC(O)N1CCN(C2=C3C=NNC3CC=C2)CC1C. The van der Waals surface area contributed by atoms with Gasteiger partial charge in [0, 0.05) is 36.9 Å². The van der Waals surface area contributed by atoms with E-state index in [1.165, 1.54) is 11.3 Å². The van der Waals surface area contributed by atoms with E-state index < -0.39 is 0 Å². The van der Waals surface area contributed by atoms with Gasteiger partial charge in [-0.1, -0.05) is 6.08 Å². The van der Waals surface area contributed by atoms with Crippen molar-refractivity contribution in [3.8, 4) is 0 Å².